The van der Waals surface area contributed by atoms with Crippen molar-refractivity contribution in [1.82, 2.24) is 15.1 Å². The summed E-state index contributed by atoms with van der Waals surface area (Å²) in [5.74, 6) is 0. The van der Waals surface area contributed by atoms with E-state index in [4.69, 9.17) is 0 Å². The lowest BCUT2D eigenvalue weighted by Crippen LogP contribution is -2.14. The summed E-state index contributed by atoms with van der Waals surface area (Å²) in [4.78, 5) is 0. The molecule has 1 N–H and O–H groups in total. The van der Waals surface area contributed by atoms with Crippen LogP contribution in [0.4, 0.5) is 0 Å². The van der Waals surface area contributed by atoms with E-state index in [1.165, 1.54) is 56.9 Å². The molecular formula is C16H31N3. The normalized spacial score (nSPS) is 11.1. The van der Waals surface area contributed by atoms with Crippen LogP contribution in [0.25, 0.3) is 0 Å². The monoisotopic (exact) mass is 265 g/mol. The molecule has 0 saturated heterocycles. The molecule has 0 radical (unpaired) electrons. The molecule has 0 aliphatic carbocycles. The van der Waals surface area contributed by atoms with Crippen LogP contribution in [0.5, 0.6) is 0 Å². The van der Waals surface area contributed by atoms with Crippen LogP contribution in [0.1, 0.15) is 69.5 Å². The van der Waals surface area contributed by atoms with Gasteiger partial charge in [0.2, 0.25) is 0 Å². The molecule has 110 valence electrons. The van der Waals surface area contributed by atoms with Gasteiger partial charge in [-0.3, -0.25) is 4.68 Å². The lowest BCUT2D eigenvalue weighted by Gasteiger charge is -2.04. The molecule has 0 atom stereocenters. The van der Waals surface area contributed by atoms with Crippen LogP contribution in [-0.2, 0) is 13.6 Å². The number of unbranched alkanes of at least 4 members (excludes halogenated alkanes) is 7. The molecule has 0 aliphatic rings. The van der Waals surface area contributed by atoms with Gasteiger partial charge in [-0.1, -0.05) is 51.9 Å². The van der Waals surface area contributed by atoms with Crippen LogP contribution < -0.4 is 5.32 Å². The third kappa shape index (κ3) is 7.36. The molecule has 0 bridgehead atoms. The Labute approximate surface area is 118 Å². The van der Waals surface area contributed by atoms with Gasteiger partial charge in [0.05, 0.1) is 5.69 Å². The van der Waals surface area contributed by atoms with E-state index in [1.54, 1.807) is 0 Å². The Morgan fingerprint density at radius 1 is 1.05 bits per heavy atom. The average molecular weight is 265 g/mol. The topological polar surface area (TPSA) is 29.9 Å². The molecule has 3 nitrogen and oxygen atoms in total. The molecule has 0 aromatic carbocycles. The van der Waals surface area contributed by atoms with Crippen LogP contribution in [0, 0.1) is 6.92 Å². The zero-order valence-corrected chi connectivity index (χ0v) is 13.0. The van der Waals surface area contributed by atoms with E-state index in [-0.39, 0.29) is 0 Å². The summed E-state index contributed by atoms with van der Waals surface area (Å²) in [5.41, 5.74) is 2.47. The van der Waals surface area contributed by atoms with Crippen LogP contribution in [-0.4, -0.2) is 16.3 Å². The van der Waals surface area contributed by atoms with Crippen molar-refractivity contribution in [3.05, 3.63) is 17.5 Å². The molecule has 19 heavy (non-hydrogen) atoms. The summed E-state index contributed by atoms with van der Waals surface area (Å²) in [5, 5.41) is 7.87. The lowest BCUT2D eigenvalue weighted by molar-refractivity contribution is 0.555. The zero-order chi connectivity index (χ0) is 13.9. The maximum atomic E-state index is 4.35. The van der Waals surface area contributed by atoms with E-state index in [9.17, 15) is 0 Å². The van der Waals surface area contributed by atoms with Gasteiger partial charge in [-0.2, -0.15) is 5.10 Å². The molecule has 1 aromatic heterocycles. The van der Waals surface area contributed by atoms with Crippen LogP contribution in [0.15, 0.2) is 6.20 Å². The SMILES string of the molecule is CCCCCCCCCCNCc1cn(C)nc1C. The van der Waals surface area contributed by atoms with E-state index in [0.29, 0.717) is 0 Å². The second-order valence-corrected chi connectivity index (χ2v) is 5.57. The molecule has 0 fully saturated rings. The summed E-state index contributed by atoms with van der Waals surface area (Å²) >= 11 is 0. The molecule has 3 heteroatoms. The fourth-order valence-corrected chi connectivity index (χ4v) is 2.43. The fraction of sp³-hybridized carbons (Fsp3) is 0.812. The zero-order valence-electron chi connectivity index (χ0n) is 13.0. The number of aryl methyl sites for hydroxylation is 2. The Bertz CT molecular complexity index is 331. The first-order valence-electron chi connectivity index (χ1n) is 7.94. The molecule has 0 aliphatic heterocycles. The Morgan fingerprint density at radius 3 is 2.26 bits per heavy atom. The molecule has 1 heterocycles. The second-order valence-electron chi connectivity index (χ2n) is 5.57. The number of nitrogens with zero attached hydrogens (tertiary/aromatic N) is 2. The third-order valence-corrected chi connectivity index (χ3v) is 3.64. The fourth-order valence-electron chi connectivity index (χ4n) is 2.43. The number of rotatable bonds is 11. The van der Waals surface area contributed by atoms with Gasteiger partial charge < -0.3 is 5.32 Å². The van der Waals surface area contributed by atoms with E-state index in [2.05, 4.69) is 30.5 Å². The molecule has 0 unspecified atom stereocenters. The van der Waals surface area contributed by atoms with Crippen molar-refractivity contribution < 1.29 is 0 Å². The van der Waals surface area contributed by atoms with Gasteiger partial charge in [0, 0.05) is 25.4 Å². The number of hydrogen-bond acceptors (Lipinski definition) is 2. The van der Waals surface area contributed by atoms with Crippen molar-refractivity contribution >= 4 is 0 Å². The summed E-state index contributed by atoms with van der Waals surface area (Å²) < 4.78 is 1.89. The largest absolute Gasteiger partial charge is 0.313 e. The Kier molecular flexibility index (Phi) is 8.55. The Hall–Kier alpha value is -0.830. The Balaban J connectivity index is 1.90. The van der Waals surface area contributed by atoms with Crippen LogP contribution >= 0.6 is 0 Å². The maximum Gasteiger partial charge on any atom is 0.0638 e. The predicted octanol–water partition coefficient (Wildman–Crippen LogP) is 3.96. The molecule has 0 saturated carbocycles. The quantitative estimate of drug-likeness (QED) is 0.614. The third-order valence-electron chi connectivity index (χ3n) is 3.64. The number of aromatic nitrogens is 2. The highest BCUT2D eigenvalue weighted by Crippen LogP contribution is 2.08. The van der Waals surface area contributed by atoms with Crippen LogP contribution in [0.2, 0.25) is 0 Å². The first-order chi connectivity index (χ1) is 9.24. The predicted molar refractivity (Wildman–Crippen MR) is 82.3 cm³/mol. The summed E-state index contributed by atoms with van der Waals surface area (Å²) in [7, 11) is 1.98. The van der Waals surface area contributed by atoms with Gasteiger partial charge in [-0.05, 0) is 19.9 Å². The molecule has 0 spiro atoms. The van der Waals surface area contributed by atoms with E-state index in [1.807, 2.05) is 11.7 Å². The minimum atomic E-state index is 0.955. The van der Waals surface area contributed by atoms with Crippen molar-refractivity contribution in [3.63, 3.8) is 0 Å². The molecule has 0 amide bonds. The second kappa shape index (κ2) is 10.0. The van der Waals surface area contributed by atoms with Gasteiger partial charge in [0.25, 0.3) is 0 Å². The van der Waals surface area contributed by atoms with Gasteiger partial charge in [0.1, 0.15) is 0 Å². The lowest BCUT2D eigenvalue weighted by atomic mass is 10.1. The number of nitrogens with one attached hydrogen (secondary N) is 1. The smallest absolute Gasteiger partial charge is 0.0638 e. The maximum absolute atomic E-state index is 4.35. The van der Waals surface area contributed by atoms with E-state index < -0.39 is 0 Å². The molecule has 1 rings (SSSR count). The average Bonchev–Trinajstić information content (AvgIpc) is 2.70. The Morgan fingerprint density at radius 2 is 1.68 bits per heavy atom. The summed E-state index contributed by atoms with van der Waals surface area (Å²) in [6, 6.07) is 0. The van der Waals surface area contributed by atoms with E-state index >= 15 is 0 Å². The highest BCUT2D eigenvalue weighted by molar-refractivity contribution is 5.14. The standard InChI is InChI=1S/C16H31N3/c1-4-5-6-7-8-9-10-11-12-17-13-16-14-19(3)18-15(16)2/h14,17H,4-13H2,1-3H3. The van der Waals surface area contributed by atoms with Gasteiger partial charge in [-0.25, -0.2) is 0 Å². The van der Waals surface area contributed by atoms with Gasteiger partial charge in [-0.15, -0.1) is 0 Å². The number of hydrogen-bond donors (Lipinski definition) is 1. The molecule has 1 aromatic rings. The van der Waals surface area contributed by atoms with Gasteiger partial charge in [0.15, 0.2) is 0 Å². The minimum Gasteiger partial charge on any atom is -0.313 e. The summed E-state index contributed by atoms with van der Waals surface area (Å²) in [6.07, 6.45) is 13.2. The highest BCUT2D eigenvalue weighted by atomic mass is 15.2. The highest BCUT2D eigenvalue weighted by Gasteiger charge is 2.01. The molecular weight excluding hydrogens is 234 g/mol. The van der Waals surface area contributed by atoms with Crippen molar-refractivity contribution in [3.8, 4) is 0 Å². The summed E-state index contributed by atoms with van der Waals surface area (Å²) in [6.45, 7) is 6.43. The van der Waals surface area contributed by atoms with Crippen molar-refractivity contribution in [1.29, 1.82) is 0 Å². The minimum absolute atomic E-state index is 0.955. The van der Waals surface area contributed by atoms with Gasteiger partial charge >= 0.3 is 0 Å². The van der Waals surface area contributed by atoms with Crippen molar-refractivity contribution in [2.45, 2.75) is 71.8 Å². The van der Waals surface area contributed by atoms with Crippen molar-refractivity contribution in [2.75, 3.05) is 6.54 Å². The first kappa shape index (κ1) is 16.2. The first-order valence-corrected chi connectivity index (χ1v) is 7.94. The van der Waals surface area contributed by atoms with Crippen molar-refractivity contribution in [2.24, 2.45) is 7.05 Å². The van der Waals surface area contributed by atoms with E-state index in [0.717, 1.165) is 18.8 Å². The van der Waals surface area contributed by atoms with Crippen LogP contribution in [0.3, 0.4) is 0 Å².